The molecule has 0 radical (unpaired) electrons. The second kappa shape index (κ2) is 3.86. The van der Waals surface area contributed by atoms with Gasteiger partial charge in [-0.2, -0.15) is 0 Å². The number of carbonyl (C=O) groups excluding carboxylic acids is 1. The van der Waals surface area contributed by atoms with Crippen LogP contribution >= 0.6 is 0 Å². The molecule has 0 saturated heterocycles. The number of primary amides is 1. The van der Waals surface area contributed by atoms with E-state index < -0.39 is 0 Å². The van der Waals surface area contributed by atoms with Crippen LogP contribution in [0.1, 0.15) is 48.6 Å². The van der Waals surface area contributed by atoms with Crippen molar-refractivity contribution in [2.24, 2.45) is 5.73 Å². The SMILES string of the molecule is CCc1cc(C(N)=O)c(C)n1C(C)C. The van der Waals surface area contributed by atoms with Gasteiger partial charge in [-0.15, -0.1) is 0 Å². The molecule has 0 unspecified atom stereocenters. The fourth-order valence-corrected chi connectivity index (χ4v) is 1.93. The van der Waals surface area contributed by atoms with Gasteiger partial charge in [0.25, 0.3) is 5.91 Å². The van der Waals surface area contributed by atoms with Gasteiger partial charge in [-0.25, -0.2) is 0 Å². The van der Waals surface area contributed by atoms with Crippen LogP contribution in [-0.2, 0) is 6.42 Å². The van der Waals surface area contributed by atoms with Gasteiger partial charge in [-0.05, 0) is 33.3 Å². The summed E-state index contributed by atoms with van der Waals surface area (Å²) >= 11 is 0. The van der Waals surface area contributed by atoms with Crippen molar-refractivity contribution < 1.29 is 4.79 Å². The Bertz CT molecular complexity index is 350. The minimum atomic E-state index is -0.336. The zero-order valence-corrected chi connectivity index (χ0v) is 9.29. The van der Waals surface area contributed by atoms with Crippen LogP contribution in [-0.4, -0.2) is 10.5 Å². The lowest BCUT2D eigenvalue weighted by Gasteiger charge is -2.14. The molecule has 0 aliphatic carbocycles. The fourth-order valence-electron chi connectivity index (χ4n) is 1.93. The summed E-state index contributed by atoms with van der Waals surface area (Å²) in [6.07, 6.45) is 0.923. The molecule has 1 rings (SSSR count). The van der Waals surface area contributed by atoms with Crippen molar-refractivity contribution in [3.05, 3.63) is 23.0 Å². The number of nitrogens with zero attached hydrogens (tertiary/aromatic N) is 1. The molecule has 0 aliphatic rings. The number of hydrogen-bond donors (Lipinski definition) is 1. The summed E-state index contributed by atoms with van der Waals surface area (Å²) < 4.78 is 2.17. The van der Waals surface area contributed by atoms with Crippen LogP contribution < -0.4 is 5.73 Å². The first-order valence-corrected chi connectivity index (χ1v) is 4.99. The molecule has 0 fully saturated rings. The third-order valence-corrected chi connectivity index (χ3v) is 2.52. The number of nitrogens with two attached hydrogens (primary N) is 1. The first-order chi connectivity index (χ1) is 6.49. The van der Waals surface area contributed by atoms with E-state index in [9.17, 15) is 4.79 Å². The number of amides is 1. The normalized spacial score (nSPS) is 10.9. The standard InChI is InChI=1S/C11H18N2O/c1-5-9-6-10(11(12)14)8(4)13(9)7(2)3/h6-7H,5H2,1-4H3,(H2,12,14). The molecule has 3 nitrogen and oxygen atoms in total. The summed E-state index contributed by atoms with van der Waals surface area (Å²) in [4.78, 5) is 11.1. The molecule has 0 saturated carbocycles. The van der Waals surface area contributed by atoms with Gasteiger partial charge in [0.2, 0.25) is 0 Å². The van der Waals surface area contributed by atoms with E-state index in [4.69, 9.17) is 5.73 Å². The highest BCUT2D eigenvalue weighted by atomic mass is 16.1. The number of rotatable bonds is 3. The molecule has 0 bridgehead atoms. The van der Waals surface area contributed by atoms with Crippen LogP contribution in [0.4, 0.5) is 0 Å². The number of aryl methyl sites for hydroxylation is 1. The molecule has 78 valence electrons. The summed E-state index contributed by atoms with van der Waals surface area (Å²) in [6.45, 7) is 8.24. The summed E-state index contributed by atoms with van der Waals surface area (Å²) in [6, 6.07) is 2.27. The molecular formula is C11H18N2O. The third-order valence-electron chi connectivity index (χ3n) is 2.52. The molecule has 14 heavy (non-hydrogen) atoms. The molecule has 1 aromatic heterocycles. The van der Waals surface area contributed by atoms with Gasteiger partial charge in [0.05, 0.1) is 5.56 Å². The highest BCUT2D eigenvalue weighted by Crippen LogP contribution is 2.20. The maximum atomic E-state index is 11.1. The van der Waals surface area contributed by atoms with E-state index in [-0.39, 0.29) is 5.91 Å². The maximum absolute atomic E-state index is 11.1. The van der Waals surface area contributed by atoms with Gasteiger partial charge in [-0.1, -0.05) is 6.92 Å². The van der Waals surface area contributed by atoms with E-state index in [1.54, 1.807) is 0 Å². The van der Waals surface area contributed by atoms with Crippen molar-refractivity contribution in [1.29, 1.82) is 0 Å². The average Bonchev–Trinajstić information content (AvgIpc) is 2.42. The first kappa shape index (κ1) is 10.8. The summed E-state index contributed by atoms with van der Waals surface area (Å²) in [5.74, 6) is -0.336. The summed E-state index contributed by atoms with van der Waals surface area (Å²) in [5, 5.41) is 0. The van der Waals surface area contributed by atoms with Crippen molar-refractivity contribution in [1.82, 2.24) is 4.57 Å². The van der Waals surface area contributed by atoms with Crippen LogP contribution in [0.15, 0.2) is 6.07 Å². The van der Waals surface area contributed by atoms with E-state index in [0.717, 1.165) is 12.1 Å². The van der Waals surface area contributed by atoms with Crippen LogP contribution in [0, 0.1) is 6.92 Å². The number of carbonyl (C=O) groups is 1. The molecule has 0 spiro atoms. The van der Waals surface area contributed by atoms with Gasteiger partial charge in [-0.3, -0.25) is 4.79 Å². The third kappa shape index (κ3) is 1.67. The van der Waals surface area contributed by atoms with Gasteiger partial charge in [0.15, 0.2) is 0 Å². The van der Waals surface area contributed by atoms with E-state index in [0.29, 0.717) is 11.6 Å². The molecule has 0 aliphatic heterocycles. The predicted molar refractivity (Wildman–Crippen MR) is 57.4 cm³/mol. The largest absolute Gasteiger partial charge is 0.366 e. The van der Waals surface area contributed by atoms with Crippen molar-refractivity contribution in [2.75, 3.05) is 0 Å². The molecule has 1 heterocycles. The Balaban J connectivity index is 3.33. The topological polar surface area (TPSA) is 48.0 Å². The second-order valence-corrected chi connectivity index (χ2v) is 3.82. The molecule has 0 atom stereocenters. The van der Waals surface area contributed by atoms with E-state index in [1.165, 1.54) is 5.69 Å². The van der Waals surface area contributed by atoms with Gasteiger partial charge < -0.3 is 10.3 Å². The monoisotopic (exact) mass is 194 g/mol. The van der Waals surface area contributed by atoms with Crippen LogP contribution in [0.3, 0.4) is 0 Å². The highest BCUT2D eigenvalue weighted by molar-refractivity contribution is 5.94. The zero-order chi connectivity index (χ0) is 10.9. The van der Waals surface area contributed by atoms with Crippen molar-refractivity contribution in [3.8, 4) is 0 Å². The molecule has 1 amide bonds. The number of aromatic nitrogens is 1. The van der Waals surface area contributed by atoms with E-state index in [2.05, 4.69) is 25.3 Å². The van der Waals surface area contributed by atoms with Gasteiger partial charge in [0, 0.05) is 17.4 Å². The lowest BCUT2D eigenvalue weighted by molar-refractivity contribution is 0.0999. The second-order valence-electron chi connectivity index (χ2n) is 3.82. The molecular weight excluding hydrogens is 176 g/mol. The Kier molecular flexibility index (Phi) is 2.99. The Hall–Kier alpha value is -1.25. The molecule has 1 aromatic rings. The number of hydrogen-bond acceptors (Lipinski definition) is 1. The summed E-state index contributed by atoms with van der Waals surface area (Å²) in [7, 11) is 0. The Morgan fingerprint density at radius 1 is 1.57 bits per heavy atom. The van der Waals surface area contributed by atoms with Crippen LogP contribution in [0.25, 0.3) is 0 Å². The minimum Gasteiger partial charge on any atom is -0.366 e. The van der Waals surface area contributed by atoms with Crippen molar-refractivity contribution in [2.45, 2.75) is 40.2 Å². The Morgan fingerprint density at radius 3 is 2.43 bits per heavy atom. The maximum Gasteiger partial charge on any atom is 0.250 e. The zero-order valence-electron chi connectivity index (χ0n) is 9.29. The molecule has 3 heteroatoms. The fraction of sp³-hybridized carbons (Fsp3) is 0.545. The van der Waals surface area contributed by atoms with E-state index >= 15 is 0 Å². The molecule has 2 N–H and O–H groups in total. The Morgan fingerprint density at radius 2 is 2.14 bits per heavy atom. The Labute approximate surface area is 84.9 Å². The van der Waals surface area contributed by atoms with Crippen LogP contribution in [0.5, 0.6) is 0 Å². The van der Waals surface area contributed by atoms with Crippen molar-refractivity contribution >= 4 is 5.91 Å². The highest BCUT2D eigenvalue weighted by Gasteiger charge is 2.15. The first-order valence-electron chi connectivity index (χ1n) is 4.99. The lowest BCUT2D eigenvalue weighted by atomic mass is 10.2. The van der Waals surface area contributed by atoms with Crippen molar-refractivity contribution in [3.63, 3.8) is 0 Å². The van der Waals surface area contributed by atoms with E-state index in [1.807, 2.05) is 13.0 Å². The predicted octanol–water partition coefficient (Wildman–Crippen LogP) is 2.04. The van der Waals surface area contributed by atoms with Gasteiger partial charge in [0.1, 0.15) is 0 Å². The average molecular weight is 194 g/mol. The summed E-state index contributed by atoms with van der Waals surface area (Å²) in [5.41, 5.74) is 8.10. The van der Waals surface area contributed by atoms with Gasteiger partial charge >= 0.3 is 0 Å². The minimum absolute atomic E-state index is 0.336. The van der Waals surface area contributed by atoms with Crippen LogP contribution in [0.2, 0.25) is 0 Å². The quantitative estimate of drug-likeness (QED) is 0.786. The molecule has 0 aromatic carbocycles. The lowest BCUT2D eigenvalue weighted by Crippen LogP contribution is -2.13. The smallest absolute Gasteiger partial charge is 0.250 e.